The van der Waals surface area contributed by atoms with Crippen LogP contribution in [0.25, 0.3) is 5.69 Å². The van der Waals surface area contributed by atoms with Crippen LogP contribution in [0.5, 0.6) is 0 Å². The van der Waals surface area contributed by atoms with Crippen molar-refractivity contribution in [2.45, 2.75) is 33.1 Å². The number of carbonyl (C=O) groups excluding carboxylic acids is 2. The maximum absolute atomic E-state index is 12.9. The second kappa shape index (κ2) is 9.99. The Bertz CT molecular complexity index is 1170. The van der Waals surface area contributed by atoms with Crippen molar-refractivity contribution in [1.29, 1.82) is 0 Å². The molecular weight excluding hydrogens is 432 g/mol. The van der Waals surface area contributed by atoms with Crippen molar-refractivity contribution in [1.82, 2.24) is 14.7 Å². The molecular formula is C26H28N4O4. The van der Waals surface area contributed by atoms with E-state index in [-0.39, 0.29) is 23.3 Å². The first-order valence-electron chi connectivity index (χ1n) is 11.5. The minimum atomic E-state index is -0.460. The van der Waals surface area contributed by atoms with Gasteiger partial charge in [-0.3, -0.25) is 19.7 Å². The molecule has 1 aromatic heterocycles. The highest BCUT2D eigenvalue weighted by Crippen LogP contribution is 2.24. The summed E-state index contributed by atoms with van der Waals surface area (Å²) < 4.78 is 1.52. The molecule has 0 radical (unpaired) electrons. The lowest BCUT2D eigenvalue weighted by Crippen LogP contribution is -2.40. The molecule has 0 aliphatic carbocycles. The summed E-state index contributed by atoms with van der Waals surface area (Å²) in [6, 6.07) is 15.5. The van der Waals surface area contributed by atoms with E-state index in [1.807, 2.05) is 24.3 Å². The minimum absolute atomic E-state index is 0.00359. The Balaban J connectivity index is 1.34. The van der Waals surface area contributed by atoms with E-state index in [9.17, 15) is 19.7 Å². The molecule has 0 unspecified atom stereocenters. The van der Waals surface area contributed by atoms with Gasteiger partial charge in [0.05, 0.1) is 10.6 Å². The predicted molar refractivity (Wildman–Crippen MR) is 128 cm³/mol. The molecule has 0 spiro atoms. The SMILES string of the molecule is CC(C)Cc1ccc(C(=O)C2CCN(C(=O)c3ccn(-c4ccc([N+](=O)[O-])cc4)n3)CC2)cc1. The van der Waals surface area contributed by atoms with Gasteiger partial charge in [-0.1, -0.05) is 38.1 Å². The van der Waals surface area contributed by atoms with Crippen molar-refractivity contribution in [3.8, 4) is 5.69 Å². The Labute approximate surface area is 198 Å². The number of hydrogen-bond acceptors (Lipinski definition) is 5. The second-order valence-corrected chi connectivity index (χ2v) is 9.14. The zero-order valence-electron chi connectivity index (χ0n) is 19.4. The molecule has 1 aliphatic heterocycles. The summed E-state index contributed by atoms with van der Waals surface area (Å²) in [5.74, 6) is 0.455. The number of Topliss-reactive ketones (excluding diaryl/α,β-unsaturated/α-hetero) is 1. The Hall–Kier alpha value is -3.81. The van der Waals surface area contributed by atoms with Crippen molar-refractivity contribution in [2.75, 3.05) is 13.1 Å². The van der Waals surface area contributed by atoms with Crippen LogP contribution in [0.15, 0.2) is 60.8 Å². The molecule has 1 saturated heterocycles. The maximum Gasteiger partial charge on any atom is 0.274 e. The van der Waals surface area contributed by atoms with Gasteiger partial charge in [0.1, 0.15) is 0 Å². The first-order valence-corrected chi connectivity index (χ1v) is 11.5. The Kier molecular flexibility index (Phi) is 6.86. The summed E-state index contributed by atoms with van der Waals surface area (Å²) in [4.78, 5) is 38.0. The molecule has 0 bridgehead atoms. The maximum atomic E-state index is 12.9. The smallest absolute Gasteiger partial charge is 0.274 e. The second-order valence-electron chi connectivity index (χ2n) is 9.14. The van der Waals surface area contributed by atoms with Gasteiger partial charge < -0.3 is 4.90 Å². The van der Waals surface area contributed by atoms with Gasteiger partial charge in [0.15, 0.2) is 11.5 Å². The number of ketones is 1. The van der Waals surface area contributed by atoms with E-state index in [0.717, 1.165) is 12.0 Å². The third kappa shape index (κ3) is 5.22. The Morgan fingerprint density at radius 3 is 2.26 bits per heavy atom. The largest absolute Gasteiger partial charge is 0.337 e. The molecule has 3 aromatic rings. The van der Waals surface area contributed by atoms with Gasteiger partial charge in [-0.2, -0.15) is 5.10 Å². The monoisotopic (exact) mass is 460 g/mol. The van der Waals surface area contributed by atoms with Gasteiger partial charge in [0.25, 0.3) is 11.6 Å². The molecule has 0 atom stereocenters. The van der Waals surface area contributed by atoms with E-state index in [4.69, 9.17) is 0 Å². The fourth-order valence-corrected chi connectivity index (χ4v) is 4.33. The third-order valence-electron chi connectivity index (χ3n) is 6.17. The highest BCUT2D eigenvalue weighted by atomic mass is 16.6. The molecule has 1 fully saturated rings. The molecule has 4 rings (SSSR count). The van der Waals surface area contributed by atoms with Gasteiger partial charge in [0, 0.05) is 42.9 Å². The highest BCUT2D eigenvalue weighted by molar-refractivity contribution is 5.98. The van der Waals surface area contributed by atoms with Gasteiger partial charge in [-0.05, 0) is 48.9 Å². The number of rotatable bonds is 7. The summed E-state index contributed by atoms with van der Waals surface area (Å²) in [5, 5.41) is 15.2. The average molecular weight is 461 g/mol. The van der Waals surface area contributed by atoms with Crippen LogP contribution in [0.3, 0.4) is 0 Å². The first kappa shape index (κ1) is 23.4. The van der Waals surface area contributed by atoms with Gasteiger partial charge in [-0.15, -0.1) is 0 Å². The molecule has 1 aliphatic rings. The number of amides is 1. The number of carbonyl (C=O) groups is 2. The predicted octanol–water partition coefficient (Wildman–Crippen LogP) is 4.71. The van der Waals surface area contributed by atoms with Crippen LogP contribution in [-0.4, -0.2) is 44.4 Å². The zero-order valence-corrected chi connectivity index (χ0v) is 19.4. The van der Waals surface area contributed by atoms with Crippen LogP contribution in [0, 0.1) is 22.0 Å². The number of piperidine rings is 1. The van der Waals surface area contributed by atoms with E-state index in [1.165, 1.54) is 22.4 Å². The summed E-state index contributed by atoms with van der Waals surface area (Å²) in [6.07, 6.45) is 3.91. The van der Waals surface area contributed by atoms with E-state index >= 15 is 0 Å². The van der Waals surface area contributed by atoms with Crippen LogP contribution in [0.4, 0.5) is 5.69 Å². The average Bonchev–Trinajstić information content (AvgIpc) is 3.34. The normalized spacial score (nSPS) is 14.4. The van der Waals surface area contributed by atoms with Crippen LogP contribution in [0.2, 0.25) is 0 Å². The van der Waals surface area contributed by atoms with Gasteiger partial charge >= 0.3 is 0 Å². The number of hydrogen-bond donors (Lipinski definition) is 0. The van der Waals surface area contributed by atoms with Crippen molar-refractivity contribution in [3.63, 3.8) is 0 Å². The standard InChI is InChI=1S/C26H28N4O4/c1-18(2)17-19-3-5-20(6-4-19)25(31)21-11-14-28(15-12-21)26(32)24-13-16-29(27-24)22-7-9-23(10-8-22)30(33)34/h3-10,13,16,18,21H,11-12,14-15,17H2,1-2H3. The topological polar surface area (TPSA) is 98.3 Å². The first-order chi connectivity index (χ1) is 16.3. The Morgan fingerprint density at radius 2 is 1.68 bits per heavy atom. The van der Waals surface area contributed by atoms with Crippen LogP contribution in [0.1, 0.15) is 53.1 Å². The third-order valence-corrected chi connectivity index (χ3v) is 6.17. The molecule has 0 N–H and O–H groups in total. The van der Waals surface area contributed by atoms with Crippen molar-refractivity contribution in [3.05, 3.63) is 87.7 Å². The van der Waals surface area contributed by atoms with Crippen LogP contribution >= 0.6 is 0 Å². The number of non-ortho nitro benzene ring substituents is 1. The van der Waals surface area contributed by atoms with E-state index in [2.05, 4.69) is 18.9 Å². The number of benzene rings is 2. The number of nitrogens with zero attached hydrogens (tertiary/aromatic N) is 4. The lowest BCUT2D eigenvalue weighted by Gasteiger charge is -2.31. The van der Waals surface area contributed by atoms with Crippen molar-refractivity contribution in [2.24, 2.45) is 11.8 Å². The quantitative estimate of drug-likeness (QED) is 0.289. The molecule has 176 valence electrons. The van der Waals surface area contributed by atoms with Gasteiger partial charge in [0.2, 0.25) is 0 Å². The van der Waals surface area contributed by atoms with E-state index in [0.29, 0.717) is 43.2 Å². The van der Waals surface area contributed by atoms with E-state index in [1.54, 1.807) is 29.3 Å². The lowest BCUT2D eigenvalue weighted by molar-refractivity contribution is -0.384. The molecule has 2 heterocycles. The molecule has 34 heavy (non-hydrogen) atoms. The van der Waals surface area contributed by atoms with Crippen LogP contribution < -0.4 is 0 Å². The summed E-state index contributed by atoms with van der Waals surface area (Å²) in [6.45, 7) is 5.36. The number of nitro benzene ring substituents is 1. The minimum Gasteiger partial charge on any atom is -0.337 e. The highest BCUT2D eigenvalue weighted by Gasteiger charge is 2.29. The summed E-state index contributed by atoms with van der Waals surface area (Å²) >= 11 is 0. The van der Waals surface area contributed by atoms with Crippen molar-refractivity contribution < 1.29 is 14.5 Å². The number of likely N-dealkylation sites (tertiary alicyclic amines) is 1. The number of aromatic nitrogens is 2. The molecule has 8 nitrogen and oxygen atoms in total. The number of nitro groups is 1. The molecule has 1 amide bonds. The van der Waals surface area contributed by atoms with Crippen LogP contribution in [-0.2, 0) is 6.42 Å². The zero-order chi connectivity index (χ0) is 24.2. The lowest BCUT2D eigenvalue weighted by atomic mass is 9.88. The summed E-state index contributed by atoms with van der Waals surface area (Å²) in [7, 11) is 0. The fourth-order valence-electron chi connectivity index (χ4n) is 4.33. The molecule has 8 heteroatoms. The fraction of sp³-hybridized carbons (Fsp3) is 0.346. The molecule has 0 saturated carbocycles. The molecule has 2 aromatic carbocycles. The van der Waals surface area contributed by atoms with Crippen molar-refractivity contribution >= 4 is 17.4 Å². The summed E-state index contributed by atoms with van der Waals surface area (Å²) in [5.41, 5.74) is 2.91. The van der Waals surface area contributed by atoms with Gasteiger partial charge in [-0.25, -0.2) is 4.68 Å². The van der Waals surface area contributed by atoms with E-state index < -0.39 is 4.92 Å². The Morgan fingerprint density at radius 1 is 1.03 bits per heavy atom.